The number of ether oxygens (including phenoxy) is 1. The quantitative estimate of drug-likeness (QED) is 0.267. The minimum Gasteiger partial charge on any atom is -0.456 e. The molecule has 3 heterocycles. The number of rotatable bonds is 1. The molecule has 3 aromatic carbocycles. The van der Waals surface area contributed by atoms with Gasteiger partial charge in [-0.1, -0.05) is 42.5 Å². The van der Waals surface area contributed by atoms with Crippen molar-refractivity contribution in [2.45, 2.75) is 33.1 Å². The molecule has 0 saturated carbocycles. The van der Waals surface area contributed by atoms with Crippen LogP contribution in [0.5, 0.6) is 11.5 Å². The molecule has 0 N–H and O–H groups in total. The molecule has 4 aromatic rings. The maximum atomic E-state index is 6.73. The van der Waals surface area contributed by atoms with Crippen molar-refractivity contribution in [2.24, 2.45) is 0 Å². The predicted molar refractivity (Wildman–Crippen MR) is 132 cm³/mol. The van der Waals surface area contributed by atoms with Gasteiger partial charge < -0.3 is 4.74 Å². The summed E-state index contributed by atoms with van der Waals surface area (Å²) < 4.78 is 8.96. The molecular weight excluding hydrogens is 392 g/mol. The summed E-state index contributed by atoms with van der Waals surface area (Å²) >= 11 is 0. The fraction of sp³-hybridized carbons (Fsp3) is 0.172. The number of hydrogen-bond acceptors (Lipinski definition) is 2. The van der Waals surface area contributed by atoms with Crippen LogP contribution in [0.15, 0.2) is 72.9 Å². The molecule has 0 spiro atoms. The summed E-state index contributed by atoms with van der Waals surface area (Å²) in [6.07, 6.45) is 4.21. The third-order valence-corrected chi connectivity index (χ3v) is 6.51. The van der Waals surface area contributed by atoms with Gasteiger partial charge in [-0.25, -0.2) is 0 Å². The van der Waals surface area contributed by atoms with E-state index in [1.807, 2.05) is 12.3 Å². The molecule has 0 radical (unpaired) electrons. The number of pyridine rings is 1. The zero-order chi connectivity index (χ0) is 22.0. The maximum absolute atomic E-state index is 6.73. The molecule has 0 bridgehead atoms. The van der Waals surface area contributed by atoms with Crippen LogP contribution in [0.4, 0.5) is 11.5 Å². The van der Waals surface area contributed by atoms with Crippen molar-refractivity contribution in [2.75, 3.05) is 0 Å². The number of fused-ring (bicyclic) bond motifs is 7. The molecule has 6 rings (SSSR count). The van der Waals surface area contributed by atoms with E-state index < -0.39 is 0 Å². The second-order valence-electron chi connectivity index (χ2n) is 9.35. The molecule has 0 saturated heterocycles. The Hall–Kier alpha value is -3.72. The topological polar surface area (TPSA) is 25.1 Å². The molecule has 156 valence electrons. The van der Waals surface area contributed by atoms with Crippen LogP contribution in [0.25, 0.3) is 22.3 Å². The normalized spacial score (nSPS) is 14.9. The molecule has 0 unspecified atom stereocenters. The maximum Gasteiger partial charge on any atom is 0.330 e. The molecule has 1 aromatic heterocycles. The fourth-order valence-electron chi connectivity index (χ4n) is 5.15. The zero-order valence-electron chi connectivity index (χ0n) is 18.8. The first-order valence-corrected chi connectivity index (χ1v) is 11.1. The lowest BCUT2D eigenvalue weighted by Gasteiger charge is -2.20. The summed E-state index contributed by atoms with van der Waals surface area (Å²) in [5.41, 5.74) is 9.11. The van der Waals surface area contributed by atoms with Crippen LogP contribution >= 0.6 is 0 Å². The van der Waals surface area contributed by atoms with Gasteiger partial charge in [0.05, 0.1) is 17.2 Å². The highest BCUT2D eigenvalue weighted by atomic mass is 16.5. The number of aryl methyl sites for hydroxylation is 2. The first-order chi connectivity index (χ1) is 15.4. The molecule has 0 atom stereocenters. The first-order valence-electron chi connectivity index (χ1n) is 11.1. The van der Waals surface area contributed by atoms with Gasteiger partial charge in [-0.15, -0.1) is 0 Å². The molecule has 2 aliphatic heterocycles. The van der Waals surface area contributed by atoms with E-state index in [0.717, 1.165) is 39.7 Å². The smallest absolute Gasteiger partial charge is 0.330 e. The summed E-state index contributed by atoms with van der Waals surface area (Å²) in [5.74, 6) is 2.80. The van der Waals surface area contributed by atoms with Crippen molar-refractivity contribution in [1.29, 1.82) is 0 Å². The van der Waals surface area contributed by atoms with Gasteiger partial charge in [-0.05, 0) is 73.6 Å². The zero-order valence-corrected chi connectivity index (χ0v) is 18.8. The van der Waals surface area contributed by atoms with Crippen LogP contribution in [0, 0.1) is 13.8 Å². The molecule has 0 amide bonds. The van der Waals surface area contributed by atoms with Crippen LogP contribution in [0.2, 0.25) is 0 Å². The Labute approximate surface area is 188 Å². The highest BCUT2D eigenvalue weighted by Gasteiger charge is 2.41. The van der Waals surface area contributed by atoms with Gasteiger partial charge in [0.2, 0.25) is 0 Å². The van der Waals surface area contributed by atoms with E-state index in [2.05, 4.69) is 99.1 Å². The summed E-state index contributed by atoms with van der Waals surface area (Å²) in [4.78, 5) is 4.78. The highest BCUT2D eigenvalue weighted by Crippen LogP contribution is 2.53. The van der Waals surface area contributed by atoms with Crippen LogP contribution in [0.1, 0.15) is 30.5 Å². The summed E-state index contributed by atoms with van der Waals surface area (Å²) in [5, 5.41) is 0. The second-order valence-corrected chi connectivity index (χ2v) is 9.35. The largest absolute Gasteiger partial charge is 0.456 e. The van der Waals surface area contributed by atoms with Gasteiger partial charge in [0, 0.05) is 16.7 Å². The van der Waals surface area contributed by atoms with Gasteiger partial charge in [0.1, 0.15) is 23.4 Å². The lowest BCUT2D eigenvalue weighted by Crippen LogP contribution is -2.18. The lowest BCUT2D eigenvalue weighted by atomic mass is 9.83. The SMILES string of the molecule is Cc1cnc([N+]2=CC(C)(C)c3c2ccc2c3Oc3ccccc3-c3ccccc3-2)c(C)c1. The van der Waals surface area contributed by atoms with Gasteiger partial charge in [-0.2, -0.15) is 4.58 Å². The van der Waals surface area contributed by atoms with Crippen molar-refractivity contribution in [1.82, 2.24) is 9.56 Å². The van der Waals surface area contributed by atoms with Crippen molar-refractivity contribution < 1.29 is 4.74 Å². The molecular formula is C29H25N2O+. The van der Waals surface area contributed by atoms with E-state index in [0.29, 0.717) is 0 Å². The van der Waals surface area contributed by atoms with Gasteiger partial charge in [0.15, 0.2) is 0 Å². The second kappa shape index (κ2) is 6.64. The summed E-state index contributed by atoms with van der Waals surface area (Å²) in [6, 6.07) is 23.5. The Kier molecular flexibility index (Phi) is 3.94. The van der Waals surface area contributed by atoms with Crippen LogP contribution in [-0.4, -0.2) is 11.2 Å². The Morgan fingerprint density at radius 3 is 2.25 bits per heavy atom. The van der Waals surface area contributed by atoms with Crippen molar-refractivity contribution >= 4 is 17.7 Å². The van der Waals surface area contributed by atoms with E-state index in [1.54, 1.807) is 0 Å². The lowest BCUT2D eigenvalue weighted by molar-refractivity contribution is 0.474. The molecule has 0 fully saturated rings. The van der Waals surface area contributed by atoms with E-state index in [4.69, 9.17) is 9.72 Å². The molecule has 3 nitrogen and oxygen atoms in total. The third kappa shape index (κ3) is 2.67. The summed E-state index contributed by atoms with van der Waals surface area (Å²) in [7, 11) is 0. The highest BCUT2D eigenvalue weighted by molar-refractivity contribution is 5.97. The third-order valence-electron chi connectivity index (χ3n) is 6.51. The monoisotopic (exact) mass is 417 g/mol. The fourth-order valence-corrected chi connectivity index (χ4v) is 5.15. The van der Waals surface area contributed by atoms with Gasteiger partial charge in [-0.3, -0.25) is 0 Å². The van der Waals surface area contributed by atoms with Crippen LogP contribution < -0.4 is 9.31 Å². The van der Waals surface area contributed by atoms with Crippen molar-refractivity contribution in [3.63, 3.8) is 0 Å². The van der Waals surface area contributed by atoms with Crippen LogP contribution in [0.3, 0.4) is 0 Å². The van der Waals surface area contributed by atoms with E-state index in [-0.39, 0.29) is 5.41 Å². The molecule has 0 aliphatic carbocycles. The number of para-hydroxylation sites is 1. The average Bonchev–Trinajstić information content (AvgIpc) is 2.96. The molecule has 32 heavy (non-hydrogen) atoms. The number of hydrogen-bond donors (Lipinski definition) is 0. The number of nitrogens with zero attached hydrogens (tertiary/aromatic N) is 2. The van der Waals surface area contributed by atoms with Gasteiger partial charge >= 0.3 is 5.82 Å². The number of benzene rings is 3. The van der Waals surface area contributed by atoms with Gasteiger partial charge in [0.25, 0.3) is 0 Å². The first kappa shape index (κ1) is 19.0. The van der Waals surface area contributed by atoms with Crippen molar-refractivity contribution in [3.8, 4) is 33.8 Å². The van der Waals surface area contributed by atoms with E-state index in [1.165, 1.54) is 22.3 Å². The van der Waals surface area contributed by atoms with E-state index >= 15 is 0 Å². The Morgan fingerprint density at radius 2 is 1.50 bits per heavy atom. The Bertz CT molecular complexity index is 1450. The van der Waals surface area contributed by atoms with Crippen molar-refractivity contribution in [3.05, 3.63) is 89.6 Å². The standard InChI is InChI=1S/C29H25N2O/c1-18-15-19(2)28(30-16-18)31-17-29(3,4)26-24(31)14-13-23-21-10-6-5-9-20(21)22-11-7-8-12-25(22)32-27(23)26/h5-17H,1-4H3/q+1. The predicted octanol–water partition coefficient (Wildman–Crippen LogP) is 7.33. The Balaban J connectivity index is 1.64. The average molecular weight is 418 g/mol. The minimum atomic E-state index is -0.214. The Morgan fingerprint density at radius 1 is 0.812 bits per heavy atom. The van der Waals surface area contributed by atoms with Crippen LogP contribution in [-0.2, 0) is 5.41 Å². The van der Waals surface area contributed by atoms with E-state index in [9.17, 15) is 0 Å². The minimum absolute atomic E-state index is 0.214. The molecule has 3 heteroatoms. The summed E-state index contributed by atoms with van der Waals surface area (Å²) in [6.45, 7) is 8.71. The molecule has 2 aliphatic rings. The number of aromatic nitrogens is 1.